The molecule has 5 nitrogen and oxygen atoms in total. The number of carbonyl (C=O) groups excluding carboxylic acids is 1. The van der Waals surface area contributed by atoms with Crippen LogP contribution in [0.25, 0.3) is 6.08 Å². The van der Waals surface area contributed by atoms with Crippen LogP contribution < -0.4 is 11.1 Å². The van der Waals surface area contributed by atoms with Crippen molar-refractivity contribution in [3.8, 4) is 0 Å². The summed E-state index contributed by atoms with van der Waals surface area (Å²) in [7, 11) is 0. The normalized spacial score (nSPS) is 11.9. The molecule has 1 amide bonds. The van der Waals surface area contributed by atoms with Gasteiger partial charge in [0.05, 0.1) is 6.21 Å². The molecule has 0 saturated carbocycles. The Morgan fingerprint density at radius 2 is 1.55 bits per heavy atom. The molecule has 22 heavy (non-hydrogen) atoms. The monoisotopic (exact) mass is 292 g/mol. The summed E-state index contributed by atoms with van der Waals surface area (Å²) in [5.74, 6) is -0.421. The van der Waals surface area contributed by atoms with E-state index in [0.717, 1.165) is 11.1 Å². The molecule has 3 N–H and O–H groups in total. The summed E-state index contributed by atoms with van der Waals surface area (Å²) in [4.78, 5) is 11.6. The average molecular weight is 292 g/mol. The molecule has 0 heterocycles. The second-order valence-electron chi connectivity index (χ2n) is 4.37. The van der Waals surface area contributed by atoms with Crippen molar-refractivity contribution < 1.29 is 4.79 Å². The molecule has 2 aromatic rings. The van der Waals surface area contributed by atoms with Gasteiger partial charge in [-0.05, 0) is 17.2 Å². The van der Waals surface area contributed by atoms with Gasteiger partial charge in [0.25, 0.3) is 5.91 Å². The Kier molecular flexibility index (Phi) is 5.63. The van der Waals surface area contributed by atoms with Gasteiger partial charge in [-0.2, -0.15) is 5.10 Å². The van der Waals surface area contributed by atoms with Gasteiger partial charge < -0.3 is 5.73 Å². The topological polar surface area (TPSA) is 79.8 Å². The number of benzene rings is 2. The van der Waals surface area contributed by atoms with Crippen molar-refractivity contribution in [1.82, 2.24) is 5.32 Å². The van der Waals surface area contributed by atoms with Crippen LogP contribution in [0.2, 0.25) is 0 Å². The van der Waals surface area contributed by atoms with Gasteiger partial charge in [-0.3, -0.25) is 10.1 Å². The lowest BCUT2D eigenvalue weighted by atomic mass is 10.2. The van der Waals surface area contributed by atoms with E-state index in [2.05, 4.69) is 15.5 Å². The zero-order chi connectivity index (χ0) is 15.6. The molecule has 0 fully saturated rings. The van der Waals surface area contributed by atoms with E-state index in [1.807, 2.05) is 60.7 Å². The standard InChI is InChI=1S/C17H16N4O/c18-17(21-19-13-15-9-5-2-6-10-15)20-16(22)12-11-14-7-3-1-4-8-14/h1-13H,(H3,18,20,21,22)/b12-11+,19-13-. The van der Waals surface area contributed by atoms with Crippen LogP contribution in [0.3, 0.4) is 0 Å². The second kappa shape index (κ2) is 8.16. The highest BCUT2D eigenvalue weighted by molar-refractivity contribution is 6.03. The first-order valence-corrected chi connectivity index (χ1v) is 6.70. The van der Waals surface area contributed by atoms with Gasteiger partial charge in [0.2, 0.25) is 5.96 Å². The highest BCUT2D eigenvalue weighted by Crippen LogP contribution is 2.00. The Bertz CT molecular complexity index is 691. The van der Waals surface area contributed by atoms with Crippen molar-refractivity contribution >= 4 is 24.2 Å². The van der Waals surface area contributed by atoms with Crippen LogP contribution in [0.1, 0.15) is 11.1 Å². The third kappa shape index (κ3) is 5.42. The lowest BCUT2D eigenvalue weighted by Crippen LogP contribution is -2.35. The Balaban J connectivity index is 1.87. The maximum atomic E-state index is 11.6. The van der Waals surface area contributed by atoms with E-state index >= 15 is 0 Å². The molecule has 0 aliphatic heterocycles. The number of hydrogen-bond donors (Lipinski definition) is 2. The van der Waals surface area contributed by atoms with Crippen LogP contribution in [0.5, 0.6) is 0 Å². The van der Waals surface area contributed by atoms with Gasteiger partial charge in [0.15, 0.2) is 0 Å². The molecule has 0 aliphatic carbocycles. The van der Waals surface area contributed by atoms with E-state index in [-0.39, 0.29) is 11.9 Å². The highest BCUT2D eigenvalue weighted by atomic mass is 16.1. The molecule has 5 heteroatoms. The van der Waals surface area contributed by atoms with E-state index in [0.29, 0.717) is 0 Å². The number of nitrogens with two attached hydrogens (primary N) is 1. The predicted octanol–water partition coefficient (Wildman–Crippen LogP) is 2.16. The van der Waals surface area contributed by atoms with Gasteiger partial charge in [0.1, 0.15) is 0 Å². The first-order valence-electron chi connectivity index (χ1n) is 6.70. The summed E-state index contributed by atoms with van der Waals surface area (Å²) < 4.78 is 0. The van der Waals surface area contributed by atoms with Gasteiger partial charge in [0, 0.05) is 6.08 Å². The Labute approximate surface area is 128 Å². The number of nitrogens with one attached hydrogen (secondary N) is 1. The van der Waals surface area contributed by atoms with E-state index in [1.165, 1.54) is 6.08 Å². The van der Waals surface area contributed by atoms with Crippen LogP contribution in [0, 0.1) is 0 Å². The minimum atomic E-state index is -0.361. The molecule has 2 aromatic carbocycles. The number of amides is 1. The molecular weight excluding hydrogens is 276 g/mol. The third-order valence-electron chi connectivity index (χ3n) is 2.65. The molecule has 0 bridgehead atoms. The van der Waals surface area contributed by atoms with E-state index in [9.17, 15) is 4.79 Å². The fourth-order valence-electron chi connectivity index (χ4n) is 1.63. The fourth-order valence-corrected chi connectivity index (χ4v) is 1.63. The van der Waals surface area contributed by atoms with Crippen LogP contribution >= 0.6 is 0 Å². The first kappa shape index (κ1) is 15.2. The zero-order valence-electron chi connectivity index (χ0n) is 11.9. The first-order chi connectivity index (χ1) is 10.7. The molecule has 0 unspecified atom stereocenters. The Morgan fingerprint density at radius 1 is 0.955 bits per heavy atom. The fraction of sp³-hybridized carbons (Fsp3) is 0. The molecule has 2 rings (SSSR count). The number of hydrogen-bond acceptors (Lipinski definition) is 3. The van der Waals surface area contributed by atoms with Crippen molar-refractivity contribution in [2.24, 2.45) is 15.9 Å². The molecule has 0 aliphatic rings. The second-order valence-corrected chi connectivity index (χ2v) is 4.37. The summed E-state index contributed by atoms with van der Waals surface area (Å²) in [6.07, 6.45) is 4.63. The van der Waals surface area contributed by atoms with E-state index in [1.54, 1.807) is 12.3 Å². The zero-order valence-corrected chi connectivity index (χ0v) is 11.9. The molecule has 0 radical (unpaired) electrons. The maximum absolute atomic E-state index is 11.6. The average Bonchev–Trinajstić information content (AvgIpc) is 2.55. The summed E-state index contributed by atoms with van der Waals surface area (Å²) in [5.41, 5.74) is 7.40. The van der Waals surface area contributed by atoms with Crippen LogP contribution in [0.4, 0.5) is 0 Å². The smallest absolute Gasteiger partial charge is 0.250 e. The number of guanidine groups is 1. The molecule has 0 spiro atoms. The third-order valence-corrected chi connectivity index (χ3v) is 2.65. The van der Waals surface area contributed by atoms with Crippen molar-refractivity contribution in [3.05, 3.63) is 77.9 Å². The molecule has 0 saturated heterocycles. The van der Waals surface area contributed by atoms with E-state index in [4.69, 9.17) is 5.73 Å². The van der Waals surface area contributed by atoms with Crippen LogP contribution in [0.15, 0.2) is 76.9 Å². The minimum Gasteiger partial charge on any atom is -0.368 e. The predicted molar refractivity (Wildman–Crippen MR) is 89.3 cm³/mol. The van der Waals surface area contributed by atoms with Crippen molar-refractivity contribution in [1.29, 1.82) is 0 Å². The SMILES string of the molecule is N/C(=N\N=C/c1ccccc1)NC(=O)/C=C/c1ccccc1. The van der Waals surface area contributed by atoms with Gasteiger partial charge >= 0.3 is 0 Å². The summed E-state index contributed by atoms with van der Waals surface area (Å²) in [6.45, 7) is 0. The maximum Gasteiger partial charge on any atom is 0.250 e. The Morgan fingerprint density at radius 3 is 2.18 bits per heavy atom. The quantitative estimate of drug-likeness (QED) is 0.392. The number of rotatable bonds is 4. The van der Waals surface area contributed by atoms with Gasteiger partial charge in [-0.15, -0.1) is 5.10 Å². The molecule has 110 valence electrons. The van der Waals surface area contributed by atoms with Crippen molar-refractivity contribution in [2.45, 2.75) is 0 Å². The Hall–Kier alpha value is -3.21. The van der Waals surface area contributed by atoms with Crippen molar-refractivity contribution in [3.63, 3.8) is 0 Å². The molecule has 0 atom stereocenters. The lowest BCUT2D eigenvalue weighted by Gasteiger charge is -1.98. The summed E-state index contributed by atoms with van der Waals surface area (Å²) in [5, 5.41) is 9.95. The van der Waals surface area contributed by atoms with Gasteiger partial charge in [-0.25, -0.2) is 0 Å². The summed E-state index contributed by atoms with van der Waals surface area (Å²) >= 11 is 0. The number of nitrogens with zero attached hydrogens (tertiary/aromatic N) is 2. The largest absolute Gasteiger partial charge is 0.368 e. The van der Waals surface area contributed by atoms with Crippen molar-refractivity contribution in [2.75, 3.05) is 0 Å². The minimum absolute atomic E-state index is 0.0603. The van der Waals surface area contributed by atoms with Crippen LogP contribution in [-0.2, 0) is 4.79 Å². The molecule has 0 aromatic heterocycles. The molecular formula is C17H16N4O. The van der Waals surface area contributed by atoms with E-state index < -0.39 is 0 Å². The summed E-state index contributed by atoms with van der Waals surface area (Å²) in [6, 6.07) is 19.0. The lowest BCUT2D eigenvalue weighted by molar-refractivity contribution is -0.115. The highest BCUT2D eigenvalue weighted by Gasteiger charge is 1.97. The number of carbonyl (C=O) groups is 1. The van der Waals surface area contributed by atoms with Crippen LogP contribution in [-0.4, -0.2) is 18.1 Å². The van der Waals surface area contributed by atoms with Gasteiger partial charge in [-0.1, -0.05) is 60.7 Å².